The van der Waals surface area contributed by atoms with E-state index in [0.29, 0.717) is 22.8 Å². The molecule has 146 valence electrons. The molecule has 7 heteroatoms. The van der Waals surface area contributed by atoms with Crippen LogP contribution >= 0.6 is 0 Å². The third kappa shape index (κ3) is 5.53. The van der Waals surface area contributed by atoms with E-state index in [1.54, 1.807) is 54.7 Å². The minimum Gasteiger partial charge on any atom is -0.439 e. The monoisotopic (exact) mass is 390 g/mol. The van der Waals surface area contributed by atoms with Crippen LogP contribution < -0.4 is 15.4 Å². The fourth-order valence-electron chi connectivity index (χ4n) is 2.65. The molecule has 2 amide bonds. The molecule has 0 saturated heterocycles. The summed E-state index contributed by atoms with van der Waals surface area (Å²) in [5.41, 5.74) is 2.10. The van der Waals surface area contributed by atoms with Crippen LogP contribution in [0.3, 0.4) is 0 Å². The molecule has 1 aromatic heterocycles. The largest absolute Gasteiger partial charge is 0.439 e. The minimum absolute atomic E-state index is 0.185. The van der Waals surface area contributed by atoms with Gasteiger partial charge in [-0.2, -0.15) is 5.26 Å². The summed E-state index contributed by atoms with van der Waals surface area (Å²) in [6.45, 7) is 2.04. The second-order valence-electron chi connectivity index (χ2n) is 6.31. The molecular weight excluding hydrogens is 371 g/mol. The Morgan fingerprint density at radius 2 is 2.00 bits per heavy atom. The fraction of sp³-hybridized carbons (Fsp3) is 0.136. The Kier molecular flexibility index (Phi) is 6.38. The van der Waals surface area contributed by atoms with E-state index in [0.717, 1.165) is 5.56 Å². The molecule has 0 fully saturated rings. The number of pyridine rings is 1. The van der Waals surface area contributed by atoms with Crippen molar-refractivity contribution in [3.63, 3.8) is 0 Å². The zero-order valence-electron chi connectivity index (χ0n) is 15.7. The van der Waals surface area contributed by atoms with Gasteiger partial charge in [0.2, 0.25) is 5.88 Å². The number of nitriles is 1. The van der Waals surface area contributed by atoms with Gasteiger partial charge in [-0.1, -0.05) is 24.3 Å². The molecule has 6 nitrogen and oxygen atoms in total. The number of carbonyl (C=O) groups excluding carboxylic acids is 1. The molecule has 0 spiro atoms. The Bertz CT molecular complexity index is 1030. The SMILES string of the molecule is CC(NC(=O)NCc1cccnc1Oc1cccc(F)c1)c1ccc(C#N)cc1. The molecule has 29 heavy (non-hydrogen) atoms. The molecular formula is C22H19FN4O2. The van der Waals surface area contributed by atoms with E-state index in [4.69, 9.17) is 10.00 Å². The maximum Gasteiger partial charge on any atom is 0.315 e. The molecule has 1 atom stereocenters. The number of amides is 2. The Morgan fingerprint density at radius 1 is 1.21 bits per heavy atom. The summed E-state index contributed by atoms with van der Waals surface area (Å²) in [5.74, 6) is 0.205. The molecule has 0 bridgehead atoms. The van der Waals surface area contributed by atoms with Crippen LogP contribution in [0.2, 0.25) is 0 Å². The predicted molar refractivity (Wildman–Crippen MR) is 106 cm³/mol. The highest BCUT2D eigenvalue weighted by atomic mass is 19.1. The number of hydrogen-bond donors (Lipinski definition) is 2. The molecule has 3 rings (SSSR count). The van der Waals surface area contributed by atoms with Crippen molar-refractivity contribution in [3.05, 3.63) is 89.4 Å². The minimum atomic E-state index is -0.408. The summed E-state index contributed by atoms with van der Waals surface area (Å²) in [6.07, 6.45) is 1.56. The van der Waals surface area contributed by atoms with Gasteiger partial charge >= 0.3 is 6.03 Å². The van der Waals surface area contributed by atoms with Crippen molar-refractivity contribution in [1.29, 1.82) is 5.26 Å². The molecule has 0 aliphatic carbocycles. The van der Waals surface area contributed by atoms with Crippen LogP contribution in [0.1, 0.15) is 29.7 Å². The average Bonchev–Trinajstić information content (AvgIpc) is 2.73. The van der Waals surface area contributed by atoms with Gasteiger partial charge in [-0.15, -0.1) is 0 Å². The molecule has 0 aliphatic rings. The number of nitrogens with zero attached hydrogens (tertiary/aromatic N) is 2. The molecule has 0 saturated carbocycles. The van der Waals surface area contributed by atoms with Crippen molar-refractivity contribution >= 4 is 6.03 Å². The summed E-state index contributed by atoms with van der Waals surface area (Å²) in [6, 6.07) is 17.7. The summed E-state index contributed by atoms with van der Waals surface area (Å²) < 4.78 is 19.0. The van der Waals surface area contributed by atoms with E-state index >= 15 is 0 Å². The van der Waals surface area contributed by atoms with E-state index < -0.39 is 5.82 Å². The number of hydrogen-bond acceptors (Lipinski definition) is 4. The van der Waals surface area contributed by atoms with Crippen LogP contribution in [-0.4, -0.2) is 11.0 Å². The van der Waals surface area contributed by atoms with E-state index in [9.17, 15) is 9.18 Å². The van der Waals surface area contributed by atoms with Gasteiger partial charge in [0.05, 0.1) is 17.7 Å². The second kappa shape index (κ2) is 9.33. The quantitative estimate of drug-likeness (QED) is 0.651. The van der Waals surface area contributed by atoms with Gasteiger partial charge in [0, 0.05) is 24.4 Å². The molecule has 1 unspecified atom stereocenters. The molecule has 0 radical (unpaired) electrons. The average molecular weight is 390 g/mol. The Hall–Kier alpha value is -3.92. The maximum absolute atomic E-state index is 13.3. The van der Waals surface area contributed by atoms with Gasteiger partial charge in [0.15, 0.2) is 0 Å². The van der Waals surface area contributed by atoms with Crippen LogP contribution in [0.5, 0.6) is 11.6 Å². The smallest absolute Gasteiger partial charge is 0.315 e. The zero-order chi connectivity index (χ0) is 20.6. The predicted octanol–water partition coefficient (Wildman–Crippen LogP) is 4.45. The lowest BCUT2D eigenvalue weighted by Crippen LogP contribution is -2.36. The number of halogens is 1. The van der Waals surface area contributed by atoms with Gasteiger partial charge in [0.1, 0.15) is 11.6 Å². The first-order valence-electron chi connectivity index (χ1n) is 8.97. The molecule has 2 N–H and O–H groups in total. The fourth-order valence-corrected chi connectivity index (χ4v) is 2.65. The number of carbonyl (C=O) groups is 1. The highest BCUT2D eigenvalue weighted by molar-refractivity contribution is 5.74. The number of rotatable bonds is 6. The van der Waals surface area contributed by atoms with Gasteiger partial charge in [-0.05, 0) is 42.8 Å². The van der Waals surface area contributed by atoms with E-state index in [1.807, 2.05) is 6.92 Å². The number of urea groups is 1. The standard InChI is InChI=1S/C22H19FN4O2/c1-15(17-9-7-16(13-24)8-10-17)27-22(28)26-14-18-4-3-11-25-21(18)29-20-6-2-5-19(23)12-20/h2-12,15H,14H2,1H3,(H2,26,27,28). The van der Waals surface area contributed by atoms with E-state index in [2.05, 4.69) is 21.7 Å². The first-order valence-corrected chi connectivity index (χ1v) is 8.97. The first-order chi connectivity index (χ1) is 14.0. The molecule has 1 heterocycles. The van der Waals surface area contributed by atoms with Crippen molar-refractivity contribution in [3.8, 4) is 17.7 Å². The van der Waals surface area contributed by atoms with Gasteiger partial charge in [-0.3, -0.25) is 0 Å². The second-order valence-corrected chi connectivity index (χ2v) is 6.31. The number of aromatic nitrogens is 1. The van der Waals surface area contributed by atoms with Crippen LogP contribution in [0.4, 0.5) is 9.18 Å². The highest BCUT2D eigenvalue weighted by Crippen LogP contribution is 2.23. The maximum atomic E-state index is 13.3. The zero-order valence-corrected chi connectivity index (χ0v) is 15.7. The third-order valence-corrected chi connectivity index (χ3v) is 4.19. The van der Waals surface area contributed by atoms with Crippen LogP contribution in [0.25, 0.3) is 0 Å². The Labute approximate surface area is 168 Å². The van der Waals surface area contributed by atoms with Crippen molar-refractivity contribution < 1.29 is 13.9 Å². The Morgan fingerprint density at radius 3 is 2.72 bits per heavy atom. The number of benzene rings is 2. The topological polar surface area (TPSA) is 87.0 Å². The lowest BCUT2D eigenvalue weighted by Gasteiger charge is -2.16. The van der Waals surface area contributed by atoms with Gasteiger partial charge in [0.25, 0.3) is 0 Å². The van der Waals surface area contributed by atoms with Crippen LogP contribution in [0.15, 0.2) is 66.9 Å². The summed E-state index contributed by atoms with van der Waals surface area (Å²) in [4.78, 5) is 16.4. The summed E-state index contributed by atoms with van der Waals surface area (Å²) in [5, 5.41) is 14.5. The number of ether oxygens (including phenoxy) is 1. The van der Waals surface area contributed by atoms with E-state index in [-0.39, 0.29) is 18.6 Å². The molecule has 0 aliphatic heterocycles. The van der Waals surface area contributed by atoms with Crippen molar-refractivity contribution in [2.45, 2.75) is 19.5 Å². The van der Waals surface area contributed by atoms with Gasteiger partial charge < -0.3 is 15.4 Å². The van der Waals surface area contributed by atoms with Crippen molar-refractivity contribution in [1.82, 2.24) is 15.6 Å². The number of nitrogens with one attached hydrogen (secondary N) is 2. The highest BCUT2D eigenvalue weighted by Gasteiger charge is 2.12. The van der Waals surface area contributed by atoms with Crippen molar-refractivity contribution in [2.24, 2.45) is 0 Å². The molecule has 3 aromatic rings. The Balaban J connectivity index is 1.59. The van der Waals surface area contributed by atoms with Gasteiger partial charge in [-0.25, -0.2) is 14.2 Å². The first kappa shape index (κ1) is 19.8. The lowest BCUT2D eigenvalue weighted by atomic mass is 10.1. The van der Waals surface area contributed by atoms with E-state index in [1.165, 1.54) is 12.1 Å². The third-order valence-electron chi connectivity index (χ3n) is 4.19. The van der Waals surface area contributed by atoms with Crippen molar-refractivity contribution in [2.75, 3.05) is 0 Å². The summed E-state index contributed by atoms with van der Waals surface area (Å²) in [7, 11) is 0. The normalized spacial score (nSPS) is 11.2. The van der Waals surface area contributed by atoms with Crippen LogP contribution in [0, 0.1) is 17.1 Å². The molecule has 2 aromatic carbocycles. The summed E-state index contributed by atoms with van der Waals surface area (Å²) >= 11 is 0. The lowest BCUT2D eigenvalue weighted by molar-refractivity contribution is 0.237. The van der Waals surface area contributed by atoms with Crippen LogP contribution in [-0.2, 0) is 6.54 Å².